The summed E-state index contributed by atoms with van der Waals surface area (Å²) in [6.45, 7) is 2.22. The van der Waals surface area contributed by atoms with Gasteiger partial charge in [-0.15, -0.1) is 0 Å². The Kier molecular flexibility index (Phi) is 4.01. The van der Waals surface area contributed by atoms with Gasteiger partial charge in [-0.3, -0.25) is 9.59 Å². The van der Waals surface area contributed by atoms with Gasteiger partial charge >= 0.3 is 0 Å². The molecule has 1 atom stereocenters. The molecule has 2 rings (SSSR count). The fraction of sp³-hybridized carbons (Fsp3) is 0.385. The number of amides is 2. The van der Waals surface area contributed by atoms with Gasteiger partial charge in [0, 0.05) is 19.0 Å². The molecule has 0 spiro atoms. The van der Waals surface area contributed by atoms with Crippen molar-refractivity contribution in [1.82, 2.24) is 5.32 Å². The number of nitrogens with two attached hydrogens (primary N) is 1. The van der Waals surface area contributed by atoms with Gasteiger partial charge in [0.1, 0.15) is 5.75 Å². The van der Waals surface area contributed by atoms with Crippen LogP contribution in [0.3, 0.4) is 0 Å². The van der Waals surface area contributed by atoms with Crippen molar-refractivity contribution >= 4 is 17.5 Å². The third-order valence-electron chi connectivity index (χ3n) is 2.67. The molecule has 1 aliphatic rings. The topological polar surface area (TPSA) is 93.5 Å². The van der Waals surface area contributed by atoms with Gasteiger partial charge in [-0.05, 0) is 24.6 Å². The summed E-state index contributed by atoms with van der Waals surface area (Å²) in [5.41, 5.74) is 7.07. The smallest absolute Gasteiger partial charge is 0.262 e. The standard InChI is InChI=1S/C13H17N3O3/c1-8(14)4-12(17)15-6-9-2-3-11-10(5-9)16-13(18)7-19-11/h2-3,5,8H,4,6-7,14H2,1H3,(H,15,17)(H,16,18). The van der Waals surface area contributed by atoms with Crippen molar-refractivity contribution < 1.29 is 14.3 Å². The first-order chi connectivity index (χ1) is 9.04. The van der Waals surface area contributed by atoms with Gasteiger partial charge in [0.25, 0.3) is 5.91 Å². The Labute approximate surface area is 111 Å². The van der Waals surface area contributed by atoms with Crippen LogP contribution in [-0.4, -0.2) is 24.5 Å². The predicted octanol–water partition coefficient (Wildman–Crippen LogP) is 0.371. The molecule has 6 heteroatoms. The summed E-state index contributed by atoms with van der Waals surface area (Å²) in [5, 5.41) is 5.50. The van der Waals surface area contributed by atoms with Gasteiger partial charge in [0.15, 0.2) is 6.61 Å². The molecule has 1 aliphatic heterocycles. The van der Waals surface area contributed by atoms with Gasteiger partial charge in [-0.2, -0.15) is 0 Å². The molecular formula is C13H17N3O3. The van der Waals surface area contributed by atoms with Crippen LogP contribution >= 0.6 is 0 Å². The van der Waals surface area contributed by atoms with Crippen LogP contribution in [-0.2, 0) is 16.1 Å². The Balaban J connectivity index is 1.96. The normalized spacial score (nSPS) is 14.9. The van der Waals surface area contributed by atoms with Gasteiger partial charge in [-0.1, -0.05) is 6.07 Å². The molecule has 102 valence electrons. The molecule has 6 nitrogen and oxygen atoms in total. The maximum atomic E-state index is 11.5. The van der Waals surface area contributed by atoms with Crippen LogP contribution in [0.25, 0.3) is 0 Å². The summed E-state index contributed by atoms with van der Waals surface area (Å²) < 4.78 is 5.25. The zero-order chi connectivity index (χ0) is 13.8. The minimum Gasteiger partial charge on any atom is -0.482 e. The SMILES string of the molecule is CC(N)CC(=O)NCc1ccc2c(c1)NC(=O)CO2. The fourth-order valence-corrected chi connectivity index (χ4v) is 1.81. The quantitative estimate of drug-likeness (QED) is 0.731. The van der Waals surface area contributed by atoms with Crippen LogP contribution in [0.2, 0.25) is 0 Å². The summed E-state index contributed by atoms with van der Waals surface area (Å²) in [7, 11) is 0. The maximum absolute atomic E-state index is 11.5. The van der Waals surface area contributed by atoms with Crippen LogP contribution in [0.5, 0.6) is 5.75 Å². The van der Waals surface area contributed by atoms with E-state index in [9.17, 15) is 9.59 Å². The molecule has 0 bridgehead atoms. The van der Waals surface area contributed by atoms with E-state index in [1.165, 1.54) is 0 Å². The lowest BCUT2D eigenvalue weighted by molar-refractivity contribution is -0.121. The number of anilines is 1. The minimum atomic E-state index is -0.175. The highest BCUT2D eigenvalue weighted by molar-refractivity contribution is 5.95. The second-order valence-corrected chi connectivity index (χ2v) is 4.63. The van der Waals surface area contributed by atoms with Gasteiger partial charge < -0.3 is 21.1 Å². The summed E-state index contributed by atoms with van der Waals surface area (Å²) in [6.07, 6.45) is 0.296. The number of fused-ring (bicyclic) bond motifs is 1. The highest BCUT2D eigenvalue weighted by atomic mass is 16.5. The number of rotatable bonds is 4. The lowest BCUT2D eigenvalue weighted by Crippen LogP contribution is -2.29. The Bertz CT molecular complexity index is 500. The summed E-state index contributed by atoms with van der Waals surface area (Å²) in [6, 6.07) is 5.26. The number of benzene rings is 1. The van der Waals surface area contributed by atoms with E-state index in [2.05, 4.69) is 10.6 Å². The molecule has 1 heterocycles. The minimum absolute atomic E-state index is 0.0392. The number of nitrogens with one attached hydrogen (secondary N) is 2. The van der Waals surface area contributed by atoms with E-state index in [1.807, 2.05) is 6.07 Å². The summed E-state index contributed by atoms with van der Waals surface area (Å²) in [4.78, 5) is 22.7. The van der Waals surface area contributed by atoms with E-state index in [0.717, 1.165) is 5.56 Å². The highest BCUT2D eigenvalue weighted by Crippen LogP contribution is 2.28. The van der Waals surface area contributed by atoms with Crippen LogP contribution in [0.4, 0.5) is 5.69 Å². The van der Waals surface area contributed by atoms with Crippen molar-refractivity contribution in [3.63, 3.8) is 0 Å². The van der Waals surface area contributed by atoms with Crippen molar-refractivity contribution in [2.75, 3.05) is 11.9 Å². The second-order valence-electron chi connectivity index (χ2n) is 4.63. The van der Waals surface area contributed by atoms with Crippen molar-refractivity contribution in [2.45, 2.75) is 25.9 Å². The maximum Gasteiger partial charge on any atom is 0.262 e. The van der Waals surface area contributed by atoms with Crippen molar-refractivity contribution in [1.29, 1.82) is 0 Å². The molecule has 1 aromatic carbocycles. The molecule has 19 heavy (non-hydrogen) atoms. The lowest BCUT2D eigenvalue weighted by Gasteiger charge is -2.18. The highest BCUT2D eigenvalue weighted by Gasteiger charge is 2.16. The molecule has 1 aromatic rings. The first-order valence-corrected chi connectivity index (χ1v) is 6.12. The monoisotopic (exact) mass is 263 g/mol. The predicted molar refractivity (Wildman–Crippen MR) is 70.7 cm³/mol. The van der Waals surface area contributed by atoms with E-state index in [0.29, 0.717) is 24.4 Å². The van der Waals surface area contributed by atoms with Crippen LogP contribution < -0.4 is 21.1 Å². The average Bonchev–Trinajstić information content (AvgIpc) is 2.35. The lowest BCUT2D eigenvalue weighted by atomic mass is 10.1. The van der Waals surface area contributed by atoms with Crippen molar-refractivity contribution in [2.24, 2.45) is 5.73 Å². The molecule has 0 saturated heterocycles. The second kappa shape index (κ2) is 5.71. The van der Waals surface area contributed by atoms with Crippen LogP contribution in [0.1, 0.15) is 18.9 Å². The number of ether oxygens (including phenoxy) is 1. The van der Waals surface area contributed by atoms with Gasteiger partial charge in [-0.25, -0.2) is 0 Å². The van der Waals surface area contributed by atoms with Crippen molar-refractivity contribution in [3.8, 4) is 5.75 Å². The zero-order valence-corrected chi connectivity index (χ0v) is 10.7. The molecule has 0 fully saturated rings. The molecule has 0 aromatic heterocycles. The van der Waals surface area contributed by atoms with Crippen LogP contribution in [0.15, 0.2) is 18.2 Å². The van der Waals surface area contributed by atoms with E-state index in [-0.39, 0.29) is 24.5 Å². The molecule has 0 saturated carbocycles. The van der Waals surface area contributed by atoms with Gasteiger partial charge in [0.2, 0.25) is 5.91 Å². The number of carbonyl (C=O) groups is 2. The van der Waals surface area contributed by atoms with E-state index >= 15 is 0 Å². The van der Waals surface area contributed by atoms with Crippen molar-refractivity contribution in [3.05, 3.63) is 23.8 Å². The Hall–Kier alpha value is -2.08. The Morgan fingerprint density at radius 2 is 2.37 bits per heavy atom. The molecule has 1 unspecified atom stereocenters. The molecular weight excluding hydrogens is 246 g/mol. The largest absolute Gasteiger partial charge is 0.482 e. The van der Waals surface area contributed by atoms with E-state index < -0.39 is 0 Å². The third kappa shape index (κ3) is 3.69. The molecule has 2 amide bonds. The Morgan fingerprint density at radius 1 is 1.58 bits per heavy atom. The fourth-order valence-electron chi connectivity index (χ4n) is 1.81. The van der Waals surface area contributed by atoms with Crippen LogP contribution in [0, 0.1) is 0 Å². The molecule has 0 aliphatic carbocycles. The number of hydrogen-bond acceptors (Lipinski definition) is 4. The number of carbonyl (C=O) groups excluding carboxylic acids is 2. The zero-order valence-electron chi connectivity index (χ0n) is 10.7. The third-order valence-corrected chi connectivity index (χ3v) is 2.67. The van der Waals surface area contributed by atoms with E-state index in [1.54, 1.807) is 19.1 Å². The first kappa shape index (κ1) is 13.4. The number of hydrogen-bond donors (Lipinski definition) is 3. The summed E-state index contributed by atoms with van der Waals surface area (Å²) >= 11 is 0. The average molecular weight is 263 g/mol. The molecule has 0 radical (unpaired) electrons. The van der Waals surface area contributed by atoms with Gasteiger partial charge in [0.05, 0.1) is 5.69 Å². The Morgan fingerprint density at radius 3 is 3.11 bits per heavy atom. The van der Waals surface area contributed by atoms with E-state index in [4.69, 9.17) is 10.5 Å². The summed E-state index contributed by atoms with van der Waals surface area (Å²) in [5.74, 6) is 0.379. The molecule has 4 N–H and O–H groups in total. The first-order valence-electron chi connectivity index (χ1n) is 6.12.